The van der Waals surface area contributed by atoms with E-state index in [4.69, 9.17) is 5.11 Å². The first-order chi connectivity index (χ1) is 7.50. The number of carbonyl (C=O) groups excluding carboxylic acids is 1. The molecular weight excluding hydrogens is 208 g/mol. The fourth-order valence-corrected chi connectivity index (χ4v) is 2.08. The number of nitrogens with one attached hydrogen (secondary N) is 2. The Morgan fingerprint density at radius 2 is 1.75 bits per heavy atom. The van der Waals surface area contributed by atoms with Crippen LogP contribution in [-0.4, -0.2) is 29.2 Å². The molecule has 1 saturated carbocycles. The van der Waals surface area contributed by atoms with Crippen LogP contribution in [-0.2, 0) is 4.79 Å². The smallest absolute Gasteiger partial charge is 0.325 e. The van der Waals surface area contributed by atoms with E-state index in [1.54, 1.807) is 0 Å². The minimum absolute atomic E-state index is 0.114. The van der Waals surface area contributed by atoms with E-state index < -0.39 is 18.0 Å². The third kappa shape index (κ3) is 3.72. The molecule has 3 N–H and O–H groups in total. The Kier molecular flexibility index (Phi) is 4.58. The van der Waals surface area contributed by atoms with E-state index in [1.165, 1.54) is 19.8 Å². The summed E-state index contributed by atoms with van der Waals surface area (Å²) in [6.45, 7) is 3.42. The highest BCUT2D eigenvalue weighted by Crippen LogP contribution is 2.27. The molecule has 0 aromatic heterocycles. The standard InChI is InChI=1S/C11H20N2O3/c1-7(9-5-3-4-6-9)12-11(16)13-8(2)10(14)15/h7-9H,3-6H2,1-2H3,(H,14,15)(H2,12,13,16). The number of aliphatic carboxylic acids is 1. The predicted octanol–water partition coefficient (Wildman–Crippen LogP) is 1.34. The average molecular weight is 228 g/mol. The van der Waals surface area contributed by atoms with E-state index in [0.29, 0.717) is 5.92 Å². The van der Waals surface area contributed by atoms with Crippen molar-refractivity contribution in [3.05, 3.63) is 0 Å². The molecule has 1 fully saturated rings. The number of hydrogen-bond donors (Lipinski definition) is 3. The highest BCUT2D eigenvalue weighted by molar-refractivity contribution is 5.82. The fourth-order valence-electron chi connectivity index (χ4n) is 2.08. The summed E-state index contributed by atoms with van der Waals surface area (Å²) >= 11 is 0. The van der Waals surface area contributed by atoms with Gasteiger partial charge in [-0.15, -0.1) is 0 Å². The molecule has 0 saturated heterocycles. The van der Waals surface area contributed by atoms with E-state index in [-0.39, 0.29) is 6.04 Å². The molecule has 0 spiro atoms. The lowest BCUT2D eigenvalue weighted by molar-refractivity contribution is -0.138. The summed E-state index contributed by atoms with van der Waals surface area (Å²) in [5, 5.41) is 13.8. The third-order valence-corrected chi connectivity index (χ3v) is 3.18. The van der Waals surface area contributed by atoms with Crippen molar-refractivity contribution < 1.29 is 14.7 Å². The van der Waals surface area contributed by atoms with Crippen molar-refractivity contribution in [1.82, 2.24) is 10.6 Å². The van der Waals surface area contributed by atoms with E-state index >= 15 is 0 Å². The summed E-state index contributed by atoms with van der Waals surface area (Å²) in [7, 11) is 0. The van der Waals surface area contributed by atoms with Crippen LogP contribution in [0.15, 0.2) is 0 Å². The molecule has 2 atom stereocenters. The largest absolute Gasteiger partial charge is 0.480 e. The Morgan fingerprint density at radius 1 is 1.19 bits per heavy atom. The average Bonchev–Trinajstić information content (AvgIpc) is 2.69. The van der Waals surface area contributed by atoms with Crippen LogP contribution in [0.4, 0.5) is 4.79 Å². The maximum Gasteiger partial charge on any atom is 0.325 e. The molecule has 2 unspecified atom stereocenters. The number of rotatable bonds is 4. The second-order valence-electron chi connectivity index (χ2n) is 4.51. The zero-order chi connectivity index (χ0) is 12.1. The SMILES string of the molecule is CC(NC(=O)NC(C)C1CCCC1)C(=O)O. The number of hydrogen-bond acceptors (Lipinski definition) is 2. The monoisotopic (exact) mass is 228 g/mol. The number of carboxylic acids is 1. The lowest BCUT2D eigenvalue weighted by atomic mass is 10.0. The molecule has 1 aliphatic carbocycles. The highest BCUT2D eigenvalue weighted by atomic mass is 16.4. The van der Waals surface area contributed by atoms with Gasteiger partial charge in [-0.05, 0) is 32.6 Å². The molecule has 1 rings (SSSR count). The van der Waals surface area contributed by atoms with Crippen molar-refractivity contribution >= 4 is 12.0 Å². The molecule has 1 aliphatic rings. The Balaban J connectivity index is 2.30. The molecule has 2 amide bonds. The molecule has 5 nitrogen and oxygen atoms in total. The van der Waals surface area contributed by atoms with Gasteiger partial charge in [0.05, 0.1) is 0 Å². The molecule has 0 aromatic rings. The summed E-state index contributed by atoms with van der Waals surface area (Å²) in [4.78, 5) is 22.0. The van der Waals surface area contributed by atoms with Crippen molar-refractivity contribution in [2.45, 2.75) is 51.6 Å². The summed E-state index contributed by atoms with van der Waals surface area (Å²) in [6.07, 6.45) is 4.75. The van der Waals surface area contributed by atoms with Crippen LogP contribution >= 0.6 is 0 Å². The zero-order valence-corrected chi connectivity index (χ0v) is 9.82. The Bertz CT molecular complexity index is 262. The van der Waals surface area contributed by atoms with Gasteiger partial charge >= 0.3 is 12.0 Å². The first kappa shape index (κ1) is 12.8. The van der Waals surface area contributed by atoms with Gasteiger partial charge in [-0.3, -0.25) is 4.79 Å². The minimum Gasteiger partial charge on any atom is -0.480 e. The van der Waals surface area contributed by atoms with Gasteiger partial charge in [-0.25, -0.2) is 4.79 Å². The van der Waals surface area contributed by atoms with Crippen molar-refractivity contribution in [2.75, 3.05) is 0 Å². The number of urea groups is 1. The molecule has 92 valence electrons. The second kappa shape index (κ2) is 5.72. The van der Waals surface area contributed by atoms with Crippen LogP contribution in [0.1, 0.15) is 39.5 Å². The van der Waals surface area contributed by atoms with E-state index in [0.717, 1.165) is 12.8 Å². The molecule has 16 heavy (non-hydrogen) atoms. The molecular formula is C11H20N2O3. The molecule has 0 radical (unpaired) electrons. The minimum atomic E-state index is -1.02. The van der Waals surface area contributed by atoms with Gasteiger partial charge in [0.15, 0.2) is 0 Å². The van der Waals surface area contributed by atoms with E-state index in [9.17, 15) is 9.59 Å². The summed E-state index contributed by atoms with van der Waals surface area (Å²) in [6, 6.07) is -1.13. The maximum atomic E-state index is 11.4. The number of amides is 2. The Hall–Kier alpha value is -1.26. The maximum absolute atomic E-state index is 11.4. The van der Waals surface area contributed by atoms with Crippen molar-refractivity contribution in [1.29, 1.82) is 0 Å². The van der Waals surface area contributed by atoms with Crippen LogP contribution in [0.5, 0.6) is 0 Å². The van der Waals surface area contributed by atoms with Crippen LogP contribution in [0, 0.1) is 5.92 Å². The van der Waals surface area contributed by atoms with Crippen LogP contribution in [0.25, 0.3) is 0 Å². The fraction of sp³-hybridized carbons (Fsp3) is 0.818. The first-order valence-corrected chi connectivity index (χ1v) is 5.80. The molecule has 0 heterocycles. The first-order valence-electron chi connectivity index (χ1n) is 5.80. The van der Waals surface area contributed by atoms with Crippen LogP contribution in [0.2, 0.25) is 0 Å². The lowest BCUT2D eigenvalue weighted by Crippen LogP contribution is -2.48. The number of carboxylic acid groups (broad SMARTS) is 1. The van der Waals surface area contributed by atoms with Crippen molar-refractivity contribution in [2.24, 2.45) is 5.92 Å². The summed E-state index contributed by atoms with van der Waals surface area (Å²) in [5.41, 5.74) is 0. The van der Waals surface area contributed by atoms with Gasteiger partial charge in [0.25, 0.3) is 0 Å². The highest BCUT2D eigenvalue weighted by Gasteiger charge is 2.23. The Labute approximate surface area is 95.6 Å². The normalized spacial score (nSPS) is 20.1. The van der Waals surface area contributed by atoms with Crippen LogP contribution < -0.4 is 10.6 Å². The van der Waals surface area contributed by atoms with Crippen LogP contribution in [0.3, 0.4) is 0 Å². The van der Waals surface area contributed by atoms with Gasteiger partial charge in [-0.2, -0.15) is 0 Å². The zero-order valence-electron chi connectivity index (χ0n) is 9.82. The second-order valence-corrected chi connectivity index (χ2v) is 4.51. The third-order valence-electron chi connectivity index (χ3n) is 3.18. The molecule has 5 heteroatoms. The quantitative estimate of drug-likeness (QED) is 0.679. The number of carbonyl (C=O) groups is 2. The van der Waals surface area contributed by atoms with Gasteiger partial charge in [0.1, 0.15) is 6.04 Å². The topological polar surface area (TPSA) is 78.4 Å². The molecule has 0 aliphatic heterocycles. The van der Waals surface area contributed by atoms with Gasteiger partial charge in [0, 0.05) is 6.04 Å². The van der Waals surface area contributed by atoms with Gasteiger partial charge < -0.3 is 15.7 Å². The molecule has 0 aromatic carbocycles. The van der Waals surface area contributed by atoms with Gasteiger partial charge in [0.2, 0.25) is 0 Å². The molecule has 0 bridgehead atoms. The summed E-state index contributed by atoms with van der Waals surface area (Å²) in [5.74, 6) is -0.491. The lowest BCUT2D eigenvalue weighted by Gasteiger charge is -2.21. The van der Waals surface area contributed by atoms with Crippen molar-refractivity contribution in [3.8, 4) is 0 Å². The van der Waals surface area contributed by atoms with Gasteiger partial charge in [-0.1, -0.05) is 12.8 Å². The Morgan fingerprint density at radius 3 is 2.25 bits per heavy atom. The predicted molar refractivity (Wildman–Crippen MR) is 60.2 cm³/mol. The van der Waals surface area contributed by atoms with E-state index in [2.05, 4.69) is 10.6 Å². The van der Waals surface area contributed by atoms with Crippen molar-refractivity contribution in [3.63, 3.8) is 0 Å². The summed E-state index contributed by atoms with van der Waals surface area (Å²) < 4.78 is 0. The van der Waals surface area contributed by atoms with E-state index in [1.807, 2.05) is 6.92 Å².